The third-order valence-corrected chi connectivity index (χ3v) is 6.03. The first-order valence-corrected chi connectivity index (χ1v) is 10.6. The van der Waals surface area contributed by atoms with E-state index >= 15 is 0 Å². The Balaban J connectivity index is 1.76. The fraction of sp³-hybridized carbons (Fsp3) is 0.0952. The van der Waals surface area contributed by atoms with E-state index in [0.717, 1.165) is 11.6 Å². The Morgan fingerprint density at radius 2 is 1.66 bits per heavy atom. The lowest BCUT2D eigenvalue weighted by Crippen LogP contribution is -2.27. The van der Waals surface area contributed by atoms with Crippen LogP contribution in [-0.4, -0.2) is 14.3 Å². The molecule has 3 aromatic carbocycles. The minimum absolute atomic E-state index is 0.125. The van der Waals surface area contributed by atoms with Crippen molar-refractivity contribution in [2.75, 3.05) is 5.32 Å². The largest absolute Gasteiger partial charge is 0.319 e. The van der Waals surface area contributed by atoms with Crippen molar-refractivity contribution in [3.63, 3.8) is 0 Å². The molecule has 5 nitrogen and oxygen atoms in total. The van der Waals surface area contributed by atoms with Gasteiger partial charge in [0.05, 0.1) is 10.6 Å². The second-order valence-corrected chi connectivity index (χ2v) is 8.51. The molecule has 8 heteroatoms. The van der Waals surface area contributed by atoms with E-state index in [-0.39, 0.29) is 10.6 Å². The lowest BCUT2D eigenvalue weighted by atomic mass is 10.1. The molecule has 3 aromatic rings. The van der Waals surface area contributed by atoms with Gasteiger partial charge in [0, 0.05) is 16.6 Å². The number of hydrogen-bond donors (Lipinski definition) is 2. The van der Waals surface area contributed by atoms with Crippen molar-refractivity contribution in [3.8, 4) is 0 Å². The van der Waals surface area contributed by atoms with Crippen molar-refractivity contribution < 1.29 is 17.6 Å². The number of sulfonamides is 1. The fourth-order valence-electron chi connectivity index (χ4n) is 2.67. The topological polar surface area (TPSA) is 75.3 Å². The molecule has 0 aliphatic heterocycles. The number of amides is 1. The van der Waals surface area contributed by atoms with Crippen molar-refractivity contribution >= 4 is 33.2 Å². The highest BCUT2D eigenvalue weighted by Crippen LogP contribution is 2.22. The van der Waals surface area contributed by atoms with Gasteiger partial charge in [0.2, 0.25) is 10.0 Å². The van der Waals surface area contributed by atoms with E-state index in [0.29, 0.717) is 10.6 Å². The van der Waals surface area contributed by atoms with Crippen LogP contribution in [0.4, 0.5) is 10.1 Å². The van der Waals surface area contributed by atoms with Gasteiger partial charge in [0.25, 0.3) is 5.91 Å². The van der Waals surface area contributed by atoms with Gasteiger partial charge in [-0.05, 0) is 55.0 Å². The van der Waals surface area contributed by atoms with Gasteiger partial charge in [0.15, 0.2) is 0 Å². The van der Waals surface area contributed by atoms with Crippen molar-refractivity contribution in [1.29, 1.82) is 0 Å². The maximum atomic E-state index is 14.5. The van der Waals surface area contributed by atoms with Gasteiger partial charge in [-0.15, -0.1) is 0 Å². The second-order valence-electron chi connectivity index (χ2n) is 6.36. The minimum atomic E-state index is -3.95. The van der Waals surface area contributed by atoms with E-state index in [2.05, 4.69) is 10.0 Å². The SMILES string of the molecule is C[C@@H](NS(=O)(=O)c1ccc(NC(=O)c2ccc(Cl)cc2)c(F)c1)c1ccccc1. The van der Waals surface area contributed by atoms with E-state index in [4.69, 9.17) is 11.6 Å². The number of carbonyl (C=O) groups excluding carboxylic acids is 1. The molecule has 29 heavy (non-hydrogen) atoms. The average Bonchev–Trinajstić information content (AvgIpc) is 2.70. The van der Waals surface area contributed by atoms with Crippen LogP contribution in [0.15, 0.2) is 77.7 Å². The first-order valence-electron chi connectivity index (χ1n) is 8.70. The molecule has 0 fully saturated rings. The maximum Gasteiger partial charge on any atom is 0.255 e. The molecule has 0 aromatic heterocycles. The van der Waals surface area contributed by atoms with Crippen LogP contribution in [0.2, 0.25) is 5.02 Å². The van der Waals surface area contributed by atoms with E-state index in [1.54, 1.807) is 43.3 Å². The summed E-state index contributed by atoms with van der Waals surface area (Å²) in [5, 5.41) is 2.89. The Morgan fingerprint density at radius 3 is 2.28 bits per heavy atom. The highest BCUT2D eigenvalue weighted by Gasteiger charge is 2.20. The Hall–Kier alpha value is -2.74. The van der Waals surface area contributed by atoms with Crippen LogP contribution >= 0.6 is 11.6 Å². The molecule has 0 heterocycles. The van der Waals surface area contributed by atoms with Gasteiger partial charge in [-0.25, -0.2) is 17.5 Å². The van der Waals surface area contributed by atoms with Crippen LogP contribution in [0.3, 0.4) is 0 Å². The number of nitrogens with one attached hydrogen (secondary N) is 2. The van der Waals surface area contributed by atoms with Crippen LogP contribution in [0.25, 0.3) is 0 Å². The van der Waals surface area contributed by atoms with Crippen LogP contribution in [0.5, 0.6) is 0 Å². The van der Waals surface area contributed by atoms with Gasteiger partial charge in [-0.3, -0.25) is 4.79 Å². The summed E-state index contributed by atoms with van der Waals surface area (Å²) in [5.74, 6) is -1.39. The molecule has 0 aliphatic carbocycles. The van der Waals surface area contributed by atoms with Crippen LogP contribution in [-0.2, 0) is 10.0 Å². The Labute approximate surface area is 173 Å². The highest BCUT2D eigenvalue weighted by atomic mass is 35.5. The van der Waals surface area contributed by atoms with E-state index in [9.17, 15) is 17.6 Å². The first kappa shape index (κ1) is 21.0. The average molecular weight is 433 g/mol. The number of rotatable bonds is 6. The summed E-state index contributed by atoms with van der Waals surface area (Å²) < 4.78 is 42.1. The molecular weight excluding hydrogens is 415 g/mol. The van der Waals surface area contributed by atoms with Gasteiger partial charge >= 0.3 is 0 Å². The lowest BCUT2D eigenvalue weighted by molar-refractivity contribution is 0.102. The van der Waals surface area contributed by atoms with Crippen molar-refractivity contribution in [2.45, 2.75) is 17.9 Å². The third kappa shape index (κ3) is 5.20. The van der Waals surface area contributed by atoms with Crippen LogP contribution < -0.4 is 10.0 Å². The monoisotopic (exact) mass is 432 g/mol. The molecule has 1 amide bonds. The molecule has 0 aliphatic rings. The fourth-order valence-corrected chi connectivity index (χ4v) is 4.04. The summed E-state index contributed by atoms with van der Waals surface area (Å²) in [6.07, 6.45) is 0. The Bertz CT molecular complexity index is 1120. The third-order valence-electron chi connectivity index (χ3n) is 4.24. The van der Waals surface area contributed by atoms with Gasteiger partial charge < -0.3 is 5.32 Å². The Morgan fingerprint density at radius 1 is 1.00 bits per heavy atom. The summed E-state index contributed by atoms with van der Waals surface area (Å²) in [6.45, 7) is 1.70. The zero-order valence-corrected chi connectivity index (χ0v) is 17.0. The van der Waals surface area contributed by atoms with Crippen molar-refractivity contribution in [1.82, 2.24) is 4.72 Å². The highest BCUT2D eigenvalue weighted by molar-refractivity contribution is 7.89. The molecule has 0 radical (unpaired) electrons. The van der Waals surface area contributed by atoms with Gasteiger partial charge in [0.1, 0.15) is 5.82 Å². The maximum absolute atomic E-state index is 14.5. The lowest BCUT2D eigenvalue weighted by Gasteiger charge is -2.15. The molecule has 0 spiro atoms. The summed E-state index contributed by atoms with van der Waals surface area (Å²) in [6, 6.07) is 18.0. The molecule has 0 bridgehead atoms. The standard InChI is InChI=1S/C21H18ClFN2O3S/c1-14(15-5-3-2-4-6-15)25-29(27,28)18-11-12-20(19(23)13-18)24-21(26)16-7-9-17(22)10-8-16/h2-14,25H,1H3,(H,24,26)/t14-/m1/s1. The van der Waals surface area contributed by atoms with E-state index in [1.807, 2.05) is 6.07 Å². The van der Waals surface area contributed by atoms with Crippen molar-refractivity contribution in [2.24, 2.45) is 0 Å². The summed E-state index contributed by atoms with van der Waals surface area (Å²) >= 11 is 5.78. The minimum Gasteiger partial charge on any atom is -0.319 e. The van der Waals surface area contributed by atoms with E-state index in [1.165, 1.54) is 24.3 Å². The molecular formula is C21H18ClFN2O3S. The van der Waals surface area contributed by atoms with Crippen LogP contribution in [0.1, 0.15) is 28.9 Å². The number of hydrogen-bond acceptors (Lipinski definition) is 3. The molecule has 0 saturated carbocycles. The van der Waals surface area contributed by atoms with E-state index < -0.39 is 27.8 Å². The molecule has 2 N–H and O–H groups in total. The number of halogens is 2. The van der Waals surface area contributed by atoms with Gasteiger partial charge in [-0.1, -0.05) is 41.9 Å². The number of carbonyl (C=O) groups is 1. The Kier molecular flexibility index (Phi) is 6.32. The zero-order chi connectivity index (χ0) is 21.0. The second kappa shape index (κ2) is 8.73. The molecule has 1 atom stereocenters. The molecule has 0 unspecified atom stereocenters. The summed E-state index contributed by atoms with van der Waals surface area (Å²) in [5.41, 5.74) is 0.951. The number of benzene rings is 3. The normalized spacial score (nSPS) is 12.4. The quantitative estimate of drug-likeness (QED) is 0.589. The molecule has 3 rings (SSSR count). The molecule has 150 valence electrons. The molecule has 0 saturated heterocycles. The first-order chi connectivity index (χ1) is 13.8. The summed E-state index contributed by atoms with van der Waals surface area (Å²) in [4.78, 5) is 12.0. The van der Waals surface area contributed by atoms with Crippen molar-refractivity contribution in [3.05, 3.63) is 94.8 Å². The van der Waals surface area contributed by atoms with Gasteiger partial charge in [-0.2, -0.15) is 0 Å². The number of anilines is 1. The zero-order valence-electron chi connectivity index (χ0n) is 15.4. The smallest absolute Gasteiger partial charge is 0.255 e. The predicted octanol–water partition coefficient (Wildman–Crippen LogP) is 4.77. The van der Waals surface area contributed by atoms with Crippen LogP contribution in [0, 0.1) is 5.82 Å². The summed E-state index contributed by atoms with van der Waals surface area (Å²) in [7, 11) is -3.95. The predicted molar refractivity (Wildman–Crippen MR) is 111 cm³/mol.